The van der Waals surface area contributed by atoms with E-state index in [2.05, 4.69) is 9.97 Å². The van der Waals surface area contributed by atoms with Crippen molar-refractivity contribution in [2.24, 2.45) is 0 Å². The number of para-hydroxylation sites is 1. The number of halogens is 3. The zero-order valence-electron chi connectivity index (χ0n) is 17.0. The van der Waals surface area contributed by atoms with Gasteiger partial charge in [0.1, 0.15) is 12.2 Å². The van der Waals surface area contributed by atoms with E-state index in [1.54, 1.807) is 11.8 Å². The SMILES string of the molecule is CCCc1ccccc1N(CC)c1nc(OCc2ccccc2)ncc1C(F)(F)F. The minimum absolute atomic E-state index is 0.0896. The second-order valence-electron chi connectivity index (χ2n) is 6.78. The Morgan fingerprint density at radius 1 is 0.967 bits per heavy atom. The molecule has 4 nitrogen and oxygen atoms in total. The van der Waals surface area contributed by atoms with Crippen LogP contribution in [0.2, 0.25) is 0 Å². The number of anilines is 2. The molecule has 0 radical (unpaired) electrons. The molecule has 0 aliphatic carbocycles. The Bertz CT molecular complexity index is 961. The second kappa shape index (κ2) is 9.61. The van der Waals surface area contributed by atoms with Crippen molar-refractivity contribution >= 4 is 11.5 Å². The lowest BCUT2D eigenvalue weighted by molar-refractivity contribution is -0.137. The first-order valence-electron chi connectivity index (χ1n) is 9.90. The van der Waals surface area contributed by atoms with Crippen LogP contribution in [0.3, 0.4) is 0 Å². The van der Waals surface area contributed by atoms with Crippen molar-refractivity contribution in [2.75, 3.05) is 11.4 Å². The maximum absolute atomic E-state index is 13.7. The number of nitrogens with zero attached hydrogens (tertiary/aromatic N) is 3. The first-order valence-corrected chi connectivity index (χ1v) is 9.90. The highest BCUT2D eigenvalue weighted by Crippen LogP contribution is 2.39. The van der Waals surface area contributed by atoms with Gasteiger partial charge < -0.3 is 9.64 Å². The molecule has 0 saturated carbocycles. The summed E-state index contributed by atoms with van der Waals surface area (Å²) in [6.45, 7) is 4.33. The topological polar surface area (TPSA) is 38.2 Å². The maximum atomic E-state index is 13.7. The van der Waals surface area contributed by atoms with Gasteiger partial charge in [0, 0.05) is 18.4 Å². The number of ether oxygens (including phenoxy) is 1. The molecule has 2 aromatic carbocycles. The van der Waals surface area contributed by atoms with Gasteiger partial charge in [-0.25, -0.2) is 4.98 Å². The molecule has 158 valence electrons. The summed E-state index contributed by atoms with van der Waals surface area (Å²) >= 11 is 0. The van der Waals surface area contributed by atoms with Crippen LogP contribution in [-0.2, 0) is 19.2 Å². The van der Waals surface area contributed by atoms with Crippen LogP contribution in [0, 0.1) is 0 Å². The van der Waals surface area contributed by atoms with Gasteiger partial charge in [-0.3, -0.25) is 0 Å². The number of aryl methyl sites for hydroxylation is 1. The lowest BCUT2D eigenvalue weighted by Crippen LogP contribution is -2.24. The van der Waals surface area contributed by atoms with E-state index in [1.165, 1.54) is 0 Å². The van der Waals surface area contributed by atoms with Gasteiger partial charge in [-0.15, -0.1) is 0 Å². The summed E-state index contributed by atoms with van der Waals surface area (Å²) in [6, 6.07) is 16.7. The quantitative estimate of drug-likeness (QED) is 0.440. The molecule has 0 amide bonds. The zero-order chi connectivity index (χ0) is 21.6. The molecule has 0 bridgehead atoms. The molecule has 30 heavy (non-hydrogen) atoms. The van der Waals surface area contributed by atoms with E-state index < -0.39 is 11.7 Å². The molecule has 0 aliphatic heterocycles. The van der Waals surface area contributed by atoms with Crippen molar-refractivity contribution in [1.82, 2.24) is 9.97 Å². The molecular weight excluding hydrogens is 391 g/mol. The highest BCUT2D eigenvalue weighted by Gasteiger charge is 2.37. The molecule has 0 saturated heterocycles. The standard InChI is InChI=1S/C23H24F3N3O/c1-3-10-18-13-8-9-14-20(18)29(4-2)21-19(23(24,25)26)15-27-22(28-21)30-16-17-11-6-5-7-12-17/h5-9,11-15H,3-4,10,16H2,1-2H3. The molecule has 0 fully saturated rings. The fraction of sp³-hybridized carbons (Fsp3) is 0.304. The molecule has 1 heterocycles. The maximum Gasteiger partial charge on any atom is 0.421 e. The van der Waals surface area contributed by atoms with E-state index >= 15 is 0 Å². The van der Waals surface area contributed by atoms with Crippen LogP contribution in [0.4, 0.5) is 24.7 Å². The number of benzene rings is 2. The normalized spacial score (nSPS) is 11.4. The van der Waals surface area contributed by atoms with E-state index in [0.29, 0.717) is 12.2 Å². The largest absolute Gasteiger partial charge is 0.459 e. The summed E-state index contributed by atoms with van der Waals surface area (Å²) in [5.74, 6) is -0.202. The average molecular weight is 415 g/mol. The van der Waals surface area contributed by atoms with Crippen molar-refractivity contribution in [2.45, 2.75) is 39.5 Å². The van der Waals surface area contributed by atoms with E-state index in [9.17, 15) is 13.2 Å². The van der Waals surface area contributed by atoms with E-state index in [0.717, 1.165) is 30.2 Å². The molecule has 0 unspecified atom stereocenters. The first-order chi connectivity index (χ1) is 14.4. The van der Waals surface area contributed by atoms with Crippen LogP contribution in [0.5, 0.6) is 6.01 Å². The molecule has 3 rings (SSSR count). The van der Waals surface area contributed by atoms with Crippen LogP contribution in [0.1, 0.15) is 37.0 Å². The second-order valence-corrected chi connectivity index (χ2v) is 6.78. The summed E-state index contributed by atoms with van der Waals surface area (Å²) in [5, 5.41) is 0. The zero-order valence-corrected chi connectivity index (χ0v) is 17.0. The van der Waals surface area contributed by atoms with Crippen LogP contribution >= 0.6 is 0 Å². The number of hydrogen-bond acceptors (Lipinski definition) is 4. The van der Waals surface area contributed by atoms with Gasteiger partial charge in [-0.2, -0.15) is 18.2 Å². The Balaban J connectivity index is 2.01. The number of aromatic nitrogens is 2. The van der Waals surface area contributed by atoms with Gasteiger partial charge in [0.15, 0.2) is 5.82 Å². The fourth-order valence-corrected chi connectivity index (χ4v) is 3.24. The number of alkyl halides is 3. The third kappa shape index (κ3) is 5.09. The van der Waals surface area contributed by atoms with Crippen molar-refractivity contribution in [3.63, 3.8) is 0 Å². The highest BCUT2D eigenvalue weighted by atomic mass is 19.4. The van der Waals surface area contributed by atoms with Crippen molar-refractivity contribution in [3.8, 4) is 6.01 Å². The molecule has 1 aromatic heterocycles. The Kier molecular flexibility index (Phi) is 6.92. The molecule has 0 aliphatic rings. The van der Waals surface area contributed by atoms with Gasteiger partial charge in [0.05, 0.1) is 0 Å². The Morgan fingerprint density at radius 2 is 1.67 bits per heavy atom. The number of rotatable bonds is 8. The average Bonchev–Trinajstić information content (AvgIpc) is 2.74. The minimum atomic E-state index is -4.58. The van der Waals surface area contributed by atoms with Crippen LogP contribution in [0.15, 0.2) is 60.8 Å². The van der Waals surface area contributed by atoms with Crippen molar-refractivity contribution in [3.05, 3.63) is 77.5 Å². The van der Waals surface area contributed by atoms with Gasteiger partial charge in [-0.1, -0.05) is 61.9 Å². The van der Waals surface area contributed by atoms with Gasteiger partial charge in [0.2, 0.25) is 0 Å². The highest BCUT2D eigenvalue weighted by molar-refractivity contribution is 5.66. The summed E-state index contributed by atoms with van der Waals surface area (Å²) in [4.78, 5) is 9.56. The molecular formula is C23H24F3N3O. The summed E-state index contributed by atoms with van der Waals surface area (Å²) in [5.41, 5.74) is 1.67. The third-order valence-electron chi connectivity index (χ3n) is 4.64. The van der Waals surface area contributed by atoms with Crippen molar-refractivity contribution in [1.29, 1.82) is 0 Å². The molecule has 7 heteroatoms. The van der Waals surface area contributed by atoms with E-state index in [4.69, 9.17) is 4.74 Å². The minimum Gasteiger partial charge on any atom is -0.459 e. The lowest BCUT2D eigenvalue weighted by Gasteiger charge is -2.27. The van der Waals surface area contributed by atoms with E-state index in [-0.39, 0.29) is 18.4 Å². The van der Waals surface area contributed by atoms with Crippen LogP contribution in [-0.4, -0.2) is 16.5 Å². The van der Waals surface area contributed by atoms with Crippen LogP contribution in [0.25, 0.3) is 0 Å². The predicted octanol–water partition coefficient (Wildman–Crippen LogP) is 6.18. The molecule has 0 spiro atoms. The Hall–Kier alpha value is -3.09. The predicted molar refractivity (Wildman–Crippen MR) is 111 cm³/mol. The van der Waals surface area contributed by atoms with Crippen LogP contribution < -0.4 is 9.64 Å². The van der Waals surface area contributed by atoms with E-state index in [1.807, 2.05) is 61.5 Å². The fourth-order valence-electron chi connectivity index (χ4n) is 3.24. The Labute approximate surface area is 174 Å². The monoisotopic (exact) mass is 415 g/mol. The first kappa shape index (κ1) is 21.6. The summed E-state index contributed by atoms with van der Waals surface area (Å²) < 4.78 is 46.8. The Morgan fingerprint density at radius 3 is 2.33 bits per heavy atom. The van der Waals surface area contributed by atoms with Gasteiger partial charge in [0.25, 0.3) is 0 Å². The molecule has 3 aromatic rings. The number of hydrogen-bond donors (Lipinski definition) is 0. The molecule has 0 N–H and O–H groups in total. The van der Waals surface area contributed by atoms with Gasteiger partial charge >= 0.3 is 12.2 Å². The smallest absolute Gasteiger partial charge is 0.421 e. The van der Waals surface area contributed by atoms with Gasteiger partial charge in [-0.05, 0) is 30.5 Å². The summed E-state index contributed by atoms with van der Waals surface area (Å²) in [6.07, 6.45) is -2.14. The molecule has 0 atom stereocenters. The van der Waals surface area contributed by atoms with Crippen molar-refractivity contribution < 1.29 is 17.9 Å². The summed E-state index contributed by atoms with van der Waals surface area (Å²) in [7, 11) is 0. The lowest BCUT2D eigenvalue weighted by atomic mass is 10.1. The third-order valence-corrected chi connectivity index (χ3v) is 4.64.